The predicted octanol–water partition coefficient (Wildman–Crippen LogP) is 1.56. The van der Waals surface area contributed by atoms with Crippen molar-refractivity contribution in [2.24, 2.45) is 0 Å². The second kappa shape index (κ2) is 8.96. The minimum absolute atomic E-state index is 0.00944. The standard InChI is InChI=1S/C20H24N2O8S2/c1-30-18-8-5-13(20(24)25)10-19(18)32(28,29)21-16-11-15(31(2,26)27)6-7-17(16)22-9-3-4-14(23)12-22/h5-8,10-11,14,21,23H,3-4,9,12H2,1-2H3,(H,24,25)/t14-/m1/s1. The molecule has 0 unspecified atom stereocenters. The van der Waals surface area contributed by atoms with E-state index in [2.05, 4.69) is 4.72 Å². The Morgan fingerprint density at radius 1 is 1.16 bits per heavy atom. The van der Waals surface area contributed by atoms with Crippen molar-refractivity contribution in [3.05, 3.63) is 42.0 Å². The third-order valence-electron chi connectivity index (χ3n) is 5.08. The zero-order valence-electron chi connectivity index (χ0n) is 17.5. The van der Waals surface area contributed by atoms with Crippen molar-refractivity contribution in [3.8, 4) is 5.75 Å². The molecule has 2 aromatic rings. The van der Waals surface area contributed by atoms with E-state index in [0.717, 1.165) is 12.3 Å². The number of carboxylic acids is 1. The summed E-state index contributed by atoms with van der Waals surface area (Å²) < 4.78 is 58.0. The number of β-amino-alcohol motifs (C(OH)–C–C–N with tert-alkyl or cyclic N) is 1. The Morgan fingerprint density at radius 3 is 2.47 bits per heavy atom. The zero-order valence-corrected chi connectivity index (χ0v) is 19.1. The third kappa shape index (κ3) is 5.14. The summed E-state index contributed by atoms with van der Waals surface area (Å²) in [6.45, 7) is 0.798. The lowest BCUT2D eigenvalue weighted by molar-refractivity contribution is 0.0696. The number of rotatable bonds is 7. The lowest BCUT2D eigenvalue weighted by atomic mass is 10.1. The molecule has 1 saturated heterocycles. The molecule has 3 N–H and O–H groups in total. The third-order valence-corrected chi connectivity index (χ3v) is 7.57. The fourth-order valence-electron chi connectivity index (χ4n) is 3.50. The number of sulfonamides is 1. The quantitative estimate of drug-likeness (QED) is 0.532. The van der Waals surface area contributed by atoms with Crippen molar-refractivity contribution in [3.63, 3.8) is 0 Å². The number of sulfone groups is 1. The molecule has 0 aromatic heterocycles. The van der Waals surface area contributed by atoms with Gasteiger partial charge in [-0.3, -0.25) is 4.72 Å². The van der Waals surface area contributed by atoms with Gasteiger partial charge in [0, 0.05) is 19.3 Å². The largest absolute Gasteiger partial charge is 0.495 e. The van der Waals surface area contributed by atoms with E-state index in [1.165, 1.54) is 37.4 Å². The summed E-state index contributed by atoms with van der Waals surface area (Å²) >= 11 is 0. The Hall–Kier alpha value is -2.83. The van der Waals surface area contributed by atoms with Gasteiger partial charge in [-0.2, -0.15) is 0 Å². The van der Waals surface area contributed by atoms with Crippen LogP contribution in [0.5, 0.6) is 5.75 Å². The topological polar surface area (TPSA) is 150 Å². The first kappa shape index (κ1) is 23.8. The maximum absolute atomic E-state index is 13.2. The number of aliphatic hydroxyl groups excluding tert-OH is 1. The Labute approximate surface area is 186 Å². The SMILES string of the molecule is COc1ccc(C(=O)O)cc1S(=O)(=O)Nc1cc(S(C)(=O)=O)ccc1N1CCC[C@@H](O)C1. The Bertz CT molecular complexity index is 1240. The molecule has 1 fully saturated rings. The number of aromatic carboxylic acids is 1. The zero-order chi connectivity index (χ0) is 23.7. The van der Waals surface area contributed by atoms with Crippen molar-refractivity contribution < 1.29 is 36.6 Å². The molecular weight excluding hydrogens is 460 g/mol. The lowest BCUT2D eigenvalue weighted by Gasteiger charge is -2.33. The molecule has 1 aliphatic heterocycles. The van der Waals surface area contributed by atoms with Crippen LogP contribution >= 0.6 is 0 Å². The molecule has 0 amide bonds. The molecule has 0 spiro atoms. The second-order valence-electron chi connectivity index (χ2n) is 7.47. The van der Waals surface area contributed by atoms with Crippen LogP contribution in [0.3, 0.4) is 0 Å². The molecule has 0 bridgehead atoms. The fraction of sp³-hybridized carbons (Fsp3) is 0.350. The highest BCUT2D eigenvalue weighted by molar-refractivity contribution is 7.93. The highest BCUT2D eigenvalue weighted by atomic mass is 32.2. The highest BCUT2D eigenvalue weighted by Gasteiger charge is 2.26. The van der Waals surface area contributed by atoms with Gasteiger partial charge in [-0.15, -0.1) is 0 Å². The number of ether oxygens (including phenoxy) is 1. The van der Waals surface area contributed by atoms with Gasteiger partial charge >= 0.3 is 5.97 Å². The summed E-state index contributed by atoms with van der Waals surface area (Å²) in [4.78, 5) is 12.6. The Kier molecular flexibility index (Phi) is 6.67. The second-order valence-corrected chi connectivity index (χ2v) is 11.1. The maximum atomic E-state index is 13.2. The van der Waals surface area contributed by atoms with Crippen LogP contribution in [0.2, 0.25) is 0 Å². The van der Waals surface area contributed by atoms with Gasteiger partial charge in [0.15, 0.2) is 9.84 Å². The number of anilines is 2. The number of benzene rings is 2. The molecule has 0 radical (unpaired) electrons. The number of nitrogens with zero attached hydrogens (tertiary/aromatic N) is 1. The van der Waals surface area contributed by atoms with Crippen molar-refractivity contribution in [1.82, 2.24) is 0 Å². The number of carboxylic acid groups (broad SMARTS) is 1. The number of methoxy groups -OCH3 is 1. The number of aliphatic hydroxyl groups is 1. The minimum Gasteiger partial charge on any atom is -0.495 e. The summed E-state index contributed by atoms with van der Waals surface area (Å²) in [5.41, 5.74) is 0.133. The van der Waals surface area contributed by atoms with E-state index in [9.17, 15) is 31.8 Å². The van der Waals surface area contributed by atoms with Crippen LogP contribution in [0, 0.1) is 0 Å². The molecule has 0 saturated carbocycles. The first-order chi connectivity index (χ1) is 14.9. The molecular formula is C20H24N2O8S2. The minimum atomic E-state index is -4.37. The van der Waals surface area contributed by atoms with Crippen LogP contribution in [0.15, 0.2) is 46.2 Å². The summed E-state index contributed by atoms with van der Waals surface area (Å²) in [5.74, 6) is -1.39. The van der Waals surface area contributed by atoms with Crippen LogP contribution in [0.1, 0.15) is 23.2 Å². The smallest absolute Gasteiger partial charge is 0.335 e. The number of nitrogens with one attached hydrogen (secondary N) is 1. The fourth-order valence-corrected chi connectivity index (χ4v) is 5.40. The molecule has 0 aliphatic carbocycles. The van der Waals surface area contributed by atoms with Crippen LogP contribution in [0.4, 0.5) is 11.4 Å². The highest BCUT2D eigenvalue weighted by Crippen LogP contribution is 2.34. The average molecular weight is 485 g/mol. The van der Waals surface area contributed by atoms with Gasteiger partial charge in [-0.25, -0.2) is 21.6 Å². The number of hydrogen-bond acceptors (Lipinski definition) is 8. The molecule has 32 heavy (non-hydrogen) atoms. The van der Waals surface area contributed by atoms with Gasteiger partial charge in [0.2, 0.25) is 0 Å². The van der Waals surface area contributed by atoms with Gasteiger partial charge < -0.3 is 19.8 Å². The molecule has 12 heteroatoms. The van der Waals surface area contributed by atoms with E-state index in [1.807, 2.05) is 0 Å². The van der Waals surface area contributed by atoms with Crippen molar-refractivity contribution in [2.75, 3.05) is 36.1 Å². The summed E-state index contributed by atoms with van der Waals surface area (Å²) in [6.07, 6.45) is 1.69. The van der Waals surface area contributed by atoms with Crippen molar-refractivity contribution in [2.45, 2.75) is 28.7 Å². The van der Waals surface area contributed by atoms with Crippen LogP contribution in [-0.4, -0.2) is 65.6 Å². The molecule has 1 heterocycles. The monoisotopic (exact) mass is 484 g/mol. The molecule has 10 nitrogen and oxygen atoms in total. The van der Waals surface area contributed by atoms with Gasteiger partial charge in [0.05, 0.1) is 35.0 Å². The Morgan fingerprint density at radius 2 is 1.88 bits per heavy atom. The van der Waals surface area contributed by atoms with Crippen molar-refractivity contribution >= 4 is 37.2 Å². The van der Waals surface area contributed by atoms with E-state index in [1.54, 1.807) is 4.90 Å². The number of carbonyl (C=O) groups is 1. The molecule has 3 rings (SSSR count). The van der Waals surface area contributed by atoms with Gasteiger partial charge in [-0.1, -0.05) is 0 Å². The van der Waals surface area contributed by atoms with E-state index >= 15 is 0 Å². The molecule has 1 aliphatic rings. The van der Waals surface area contributed by atoms with Gasteiger partial charge in [-0.05, 0) is 49.2 Å². The first-order valence-electron chi connectivity index (χ1n) is 9.63. The van der Waals surface area contributed by atoms with E-state index in [-0.39, 0.29) is 28.4 Å². The normalized spacial score (nSPS) is 17.1. The molecule has 1 atom stereocenters. The number of hydrogen-bond donors (Lipinski definition) is 3. The van der Waals surface area contributed by atoms with Crippen molar-refractivity contribution in [1.29, 1.82) is 0 Å². The maximum Gasteiger partial charge on any atom is 0.335 e. The first-order valence-corrected chi connectivity index (χ1v) is 13.0. The van der Waals surface area contributed by atoms with E-state index in [0.29, 0.717) is 25.1 Å². The molecule has 2 aromatic carbocycles. The predicted molar refractivity (Wildman–Crippen MR) is 118 cm³/mol. The molecule has 174 valence electrons. The van der Waals surface area contributed by atoms with E-state index in [4.69, 9.17) is 4.74 Å². The van der Waals surface area contributed by atoms with Crippen LogP contribution in [0.25, 0.3) is 0 Å². The van der Waals surface area contributed by atoms with Gasteiger partial charge in [0.25, 0.3) is 10.0 Å². The van der Waals surface area contributed by atoms with Gasteiger partial charge in [0.1, 0.15) is 10.6 Å². The Balaban J connectivity index is 2.12. The number of piperidine rings is 1. The summed E-state index contributed by atoms with van der Waals surface area (Å²) in [7, 11) is -6.76. The van der Waals surface area contributed by atoms with Crippen LogP contribution < -0.4 is 14.4 Å². The summed E-state index contributed by atoms with van der Waals surface area (Å²) in [6, 6.07) is 7.47. The average Bonchev–Trinajstić information content (AvgIpc) is 2.72. The van der Waals surface area contributed by atoms with E-state index < -0.39 is 36.8 Å². The summed E-state index contributed by atoms with van der Waals surface area (Å²) in [5, 5.41) is 19.3. The lowest BCUT2D eigenvalue weighted by Crippen LogP contribution is -2.38. The van der Waals surface area contributed by atoms with Crippen LogP contribution in [-0.2, 0) is 19.9 Å².